The number of rotatable bonds is 33. The molecule has 4 aliphatic heterocycles. The van der Waals surface area contributed by atoms with Gasteiger partial charge in [0.1, 0.15) is 41.2 Å². The molecule has 0 aromatic carbocycles. The van der Waals surface area contributed by atoms with Crippen LogP contribution in [0, 0.1) is 82.9 Å². The quantitative estimate of drug-likeness (QED) is 0.0367. The first kappa shape index (κ1) is 89.1. The minimum absolute atomic E-state index is 0.00139. The van der Waals surface area contributed by atoms with E-state index < -0.39 is 10.5 Å². The molecule has 1 N–H and O–H groups in total. The number of amides is 9. The van der Waals surface area contributed by atoms with Crippen molar-refractivity contribution < 1.29 is 86.2 Å². The molecule has 25 heteroatoms. The molecule has 5 aliphatic rings. The summed E-state index contributed by atoms with van der Waals surface area (Å²) in [6.07, 6.45) is 4.69. The Kier molecular flexibility index (Phi) is 40.0. The molecule has 97 heavy (non-hydrogen) atoms. The van der Waals surface area contributed by atoms with Crippen molar-refractivity contribution in [3.05, 3.63) is 0 Å². The number of likely N-dealkylation sites (tertiary alicyclic amines) is 4. The summed E-state index contributed by atoms with van der Waals surface area (Å²) in [7, 11) is 0. The summed E-state index contributed by atoms with van der Waals surface area (Å²) >= 11 is 2.50. The third-order valence-electron chi connectivity index (χ3n) is 17.5. The fraction of sp³-hybridized carbons (Fsp3) is 0.764. The van der Waals surface area contributed by atoms with Crippen LogP contribution < -0.4 is 5.32 Å². The molecule has 0 spiro atoms. The van der Waals surface area contributed by atoms with E-state index in [4.69, 9.17) is 4.74 Å². The van der Waals surface area contributed by atoms with E-state index in [9.17, 15) is 81.5 Å². The van der Waals surface area contributed by atoms with E-state index in [1.165, 1.54) is 28.4 Å². The number of thioether (sulfide) groups is 2. The molecule has 23 nitrogen and oxygen atoms in total. The van der Waals surface area contributed by atoms with Crippen LogP contribution in [0.2, 0.25) is 0 Å². The Morgan fingerprint density at radius 3 is 1.11 bits per heavy atom. The number of ether oxygens (including phenoxy) is 1. The second-order valence-electron chi connectivity index (χ2n) is 28.9. The van der Waals surface area contributed by atoms with Crippen molar-refractivity contribution in [3.8, 4) is 0 Å². The van der Waals surface area contributed by atoms with Crippen LogP contribution in [0.4, 0.5) is 0 Å². The van der Waals surface area contributed by atoms with Gasteiger partial charge in [-0.05, 0) is 43.4 Å². The van der Waals surface area contributed by atoms with E-state index >= 15 is 0 Å². The van der Waals surface area contributed by atoms with Gasteiger partial charge in [0.15, 0.2) is 11.6 Å². The van der Waals surface area contributed by atoms with E-state index in [0.717, 1.165) is 40.4 Å². The van der Waals surface area contributed by atoms with Gasteiger partial charge in [0.05, 0.1) is 54.7 Å². The maximum absolute atomic E-state index is 12.6. The fourth-order valence-corrected chi connectivity index (χ4v) is 12.5. The molecule has 4 saturated heterocycles. The summed E-state index contributed by atoms with van der Waals surface area (Å²) in [6, 6.07) is 0. The van der Waals surface area contributed by atoms with Crippen LogP contribution in [0.15, 0.2) is 0 Å². The molecule has 9 amide bonds. The number of carbonyl (C=O) groups excluding carboxylic acids is 17. The molecule has 0 aromatic heterocycles. The molecule has 1 saturated carbocycles. The lowest BCUT2D eigenvalue weighted by atomic mass is 9.77. The van der Waals surface area contributed by atoms with Gasteiger partial charge in [-0.15, -0.1) is 23.5 Å². The zero-order valence-electron chi connectivity index (χ0n) is 61.6. The maximum Gasteiger partial charge on any atom is 0.243 e. The Morgan fingerprint density at radius 1 is 0.402 bits per heavy atom. The van der Waals surface area contributed by atoms with E-state index in [-0.39, 0.29) is 247 Å². The van der Waals surface area contributed by atoms with Crippen LogP contribution in [0.1, 0.15) is 203 Å². The molecule has 4 atom stereocenters. The second-order valence-corrected chi connectivity index (χ2v) is 31.3. The molecule has 0 radical (unpaired) electrons. The molecular formula is C72H115N5O18S2. The second kappa shape index (κ2) is 43.6. The van der Waals surface area contributed by atoms with Crippen molar-refractivity contribution in [3.63, 3.8) is 0 Å². The monoisotopic (exact) mass is 1400 g/mol. The van der Waals surface area contributed by atoms with Gasteiger partial charge in [-0.2, -0.15) is 0 Å². The molecule has 4 unspecified atom stereocenters. The van der Waals surface area contributed by atoms with Crippen molar-refractivity contribution >= 4 is 123 Å². The van der Waals surface area contributed by atoms with E-state index in [0.29, 0.717) is 31.3 Å². The third kappa shape index (κ3) is 30.6. The van der Waals surface area contributed by atoms with Crippen LogP contribution in [0.5, 0.6) is 0 Å². The highest BCUT2D eigenvalue weighted by atomic mass is 32.2. The number of carbonyl (C=O) groups is 17. The SMILES string of the molecule is CC(C)C(=O)CC(=O)C(C)C.CC(C)C(=O)CCOCCNC(=O)CN1C(=O)CC(C(C)C)C1=O.CC(C)C(=O)CN1C(=O)CC(C(C)C)C1=O.CC(C)C(=O)CSC1CC(=O)N(CC(=O)C(C)C)C1=O.CC(C)C(=O)CSC1CC(=O)N(CC2CCC(C(=O)C(C)C)CC2)C1=O. The predicted molar refractivity (Wildman–Crippen MR) is 372 cm³/mol. The van der Waals surface area contributed by atoms with Crippen LogP contribution in [-0.4, -0.2) is 187 Å². The lowest BCUT2D eigenvalue weighted by Gasteiger charge is -2.30. The van der Waals surface area contributed by atoms with Crippen molar-refractivity contribution in [1.82, 2.24) is 24.9 Å². The molecule has 1 aliphatic carbocycles. The van der Waals surface area contributed by atoms with Crippen LogP contribution in [0.25, 0.3) is 0 Å². The topological polar surface area (TPSA) is 324 Å². The first-order valence-corrected chi connectivity index (χ1v) is 36.7. The average Bonchev–Trinajstić information content (AvgIpc) is 1.72. The summed E-state index contributed by atoms with van der Waals surface area (Å²) in [4.78, 5) is 205. The smallest absolute Gasteiger partial charge is 0.243 e. The minimum atomic E-state index is -0.523. The van der Waals surface area contributed by atoms with Crippen molar-refractivity contribution in [2.45, 2.75) is 213 Å². The summed E-state index contributed by atoms with van der Waals surface area (Å²) in [5.74, 6) is -1.54. The number of imide groups is 4. The van der Waals surface area contributed by atoms with Gasteiger partial charge < -0.3 is 10.1 Å². The molecular weight excluding hydrogens is 1290 g/mol. The predicted octanol–water partition coefficient (Wildman–Crippen LogP) is 8.24. The van der Waals surface area contributed by atoms with E-state index in [2.05, 4.69) is 5.32 Å². The fourth-order valence-electron chi connectivity index (χ4n) is 10.1. The zero-order chi connectivity index (χ0) is 74.6. The molecule has 5 rings (SSSR count). The minimum Gasteiger partial charge on any atom is -0.379 e. The Bertz CT molecular complexity index is 2780. The lowest BCUT2D eigenvalue weighted by molar-refractivity contribution is -0.144. The Hall–Kier alpha value is -5.95. The Labute approximate surface area is 584 Å². The van der Waals surface area contributed by atoms with E-state index in [1.807, 2.05) is 96.9 Å². The number of Topliss-reactive ketones (excluding diaryl/α,β-unsaturated/α-hetero) is 8. The van der Waals surface area contributed by atoms with Crippen molar-refractivity contribution in [2.24, 2.45) is 82.9 Å². The summed E-state index contributed by atoms with van der Waals surface area (Å²) in [6.45, 7) is 37.7. The Balaban J connectivity index is 0.000000622. The highest BCUT2D eigenvalue weighted by Gasteiger charge is 2.44. The molecule has 5 fully saturated rings. The van der Waals surface area contributed by atoms with Crippen molar-refractivity contribution in [1.29, 1.82) is 0 Å². The standard InChI is InChI=1S/C20H31NO4S.C17H28N2O5.C14H21NO4S.C12H19NO3.C9H16O2/c1-12(2)16(22)11-26-17-9-18(23)21(20(17)25)10-14-5-7-15(8-6-14)19(24)13(3)4;1-11(2)13-9-16(22)19(17(13)23)10-15(21)18-6-8-24-7-5-14(20)12(3)4;1-8(2)10(16)6-15-13(18)5-12(14(15)19)20-7-11(17)9(3)4;1-7(2)9-5-11(15)13(12(9)16)6-10(14)8(3)4;1-6(2)8(10)5-9(11)7(3)4/h12-15,17H,5-11H2,1-4H3;11-13H,5-10H2,1-4H3,(H,18,21);8-9,12H,5-7H2,1-4H3;7-9H,5-6H2,1-4H3;6-7H,5H2,1-4H3. The van der Waals surface area contributed by atoms with Crippen LogP contribution >= 0.6 is 23.5 Å². The normalized spacial score (nSPS) is 20.4. The van der Waals surface area contributed by atoms with Gasteiger partial charge in [-0.25, -0.2) is 0 Å². The summed E-state index contributed by atoms with van der Waals surface area (Å²) < 4.78 is 5.28. The van der Waals surface area contributed by atoms with Gasteiger partial charge in [0, 0.05) is 110 Å². The van der Waals surface area contributed by atoms with E-state index in [1.54, 1.807) is 41.5 Å². The average molecular weight is 1400 g/mol. The first-order valence-electron chi connectivity index (χ1n) is 34.6. The van der Waals surface area contributed by atoms with Gasteiger partial charge in [0.25, 0.3) is 0 Å². The number of hydrogen-bond donors (Lipinski definition) is 1. The summed E-state index contributed by atoms with van der Waals surface area (Å²) in [5, 5.41) is 1.67. The molecule has 4 heterocycles. The highest BCUT2D eigenvalue weighted by molar-refractivity contribution is 8.01. The number of ketones is 8. The number of nitrogens with one attached hydrogen (secondary N) is 1. The molecule has 0 bridgehead atoms. The Morgan fingerprint density at radius 2 is 0.753 bits per heavy atom. The zero-order valence-corrected chi connectivity index (χ0v) is 63.3. The maximum atomic E-state index is 12.6. The summed E-state index contributed by atoms with van der Waals surface area (Å²) in [5.41, 5.74) is 0. The van der Waals surface area contributed by atoms with Gasteiger partial charge in [-0.3, -0.25) is 101 Å². The highest BCUT2D eigenvalue weighted by Crippen LogP contribution is 2.35. The first-order chi connectivity index (χ1) is 45.0. The lowest BCUT2D eigenvalue weighted by Crippen LogP contribution is -2.41. The largest absolute Gasteiger partial charge is 0.379 e. The number of hydrogen-bond acceptors (Lipinski definition) is 20. The van der Waals surface area contributed by atoms with Gasteiger partial charge in [-0.1, -0.05) is 138 Å². The van der Waals surface area contributed by atoms with Crippen molar-refractivity contribution in [2.75, 3.05) is 57.4 Å². The number of nitrogens with zero attached hydrogens (tertiary/aromatic N) is 4. The van der Waals surface area contributed by atoms with Crippen LogP contribution in [-0.2, 0) is 86.2 Å². The van der Waals surface area contributed by atoms with Gasteiger partial charge >= 0.3 is 0 Å². The third-order valence-corrected chi connectivity index (χ3v) is 20.0. The molecule has 548 valence electrons. The van der Waals surface area contributed by atoms with Crippen LogP contribution in [0.3, 0.4) is 0 Å². The molecule has 0 aromatic rings. The van der Waals surface area contributed by atoms with Gasteiger partial charge in [0.2, 0.25) is 53.2 Å².